The van der Waals surface area contributed by atoms with Crippen LogP contribution in [0.2, 0.25) is 0 Å². The lowest BCUT2D eigenvalue weighted by Crippen LogP contribution is -2.44. The fourth-order valence-electron chi connectivity index (χ4n) is 2.19. The van der Waals surface area contributed by atoms with Crippen LogP contribution in [-0.2, 0) is 4.79 Å². The van der Waals surface area contributed by atoms with Crippen molar-refractivity contribution in [1.29, 1.82) is 0 Å². The van der Waals surface area contributed by atoms with Gasteiger partial charge in [-0.2, -0.15) is 0 Å². The van der Waals surface area contributed by atoms with E-state index >= 15 is 0 Å². The van der Waals surface area contributed by atoms with Crippen molar-refractivity contribution in [2.24, 2.45) is 17.1 Å². The normalized spacial score (nSPS) is 24.1. The van der Waals surface area contributed by atoms with E-state index in [0.29, 0.717) is 26.1 Å². The minimum atomic E-state index is -0.818. The van der Waals surface area contributed by atoms with E-state index in [-0.39, 0.29) is 18.5 Å². The lowest BCUT2D eigenvalue weighted by molar-refractivity contribution is -0.150. The van der Waals surface area contributed by atoms with Crippen LogP contribution in [0.15, 0.2) is 0 Å². The highest BCUT2D eigenvalue weighted by atomic mass is 16.4. The van der Waals surface area contributed by atoms with Crippen molar-refractivity contribution in [3.63, 3.8) is 0 Å². The number of nitrogens with two attached hydrogens (primary N) is 1. The summed E-state index contributed by atoms with van der Waals surface area (Å²) in [7, 11) is 0. The van der Waals surface area contributed by atoms with E-state index < -0.39 is 11.4 Å². The largest absolute Gasteiger partial charge is 0.481 e. The average molecular weight is 243 g/mol. The first-order chi connectivity index (χ1) is 7.94. The van der Waals surface area contributed by atoms with Crippen molar-refractivity contribution in [2.75, 3.05) is 26.2 Å². The number of urea groups is 1. The number of amides is 2. The topological polar surface area (TPSA) is 95.7 Å². The van der Waals surface area contributed by atoms with Crippen molar-refractivity contribution in [3.05, 3.63) is 0 Å². The van der Waals surface area contributed by atoms with Crippen LogP contribution in [0, 0.1) is 11.3 Å². The summed E-state index contributed by atoms with van der Waals surface area (Å²) in [6.45, 7) is 5.33. The van der Waals surface area contributed by atoms with Gasteiger partial charge in [-0.05, 0) is 12.3 Å². The molecule has 2 amide bonds. The summed E-state index contributed by atoms with van der Waals surface area (Å²) < 4.78 is 0. The van der Waals surface area contributed by atoms with Crippen LogP contribution in [0.25, 0.3) is 0 Å². The summed E-state index contributed by atoms with van der Waals surface area (Å²) in [5, 5.41) is 12.0. The number of nitrogens with one attached hydrogen (secondary N) is 1. The van der Waals surface area contributed by atoms with Crippen LogP contribution in [-0.4, -0.2) is 48.2 Å². The first-order valence-electron chi connectivity index (χ1n) is 5.90. The molecule has 0 saturated carbocycles. The fraction of sp³-hybridized carbons (Fsp3) is 0.818. The molecule has 1 fully saturated rings. The van der Waals surface area contributed by atoms with Gasteiger partial charge in [0.1, 0.15) is 0 Å². The third kappa shape index (κ3) is 2.69. The number of carboxylic acid groups (broad SMARTS) is 1. The van der Waals surface area contributed by atoms with E-state index in [1.54, 1.807) is 4.90 Å². The SMILES string of the molecule is CC(C)C1(C(=O)O)CCN(C(=O)NCCN)C1. The van der Waals surface area contributed by atoms with E-state index in [1.165, 1.54) is 0 Å². The van der Waals surface area contributed by atoms with Gasteiger partial charge in [0.05, 0.1) is 5.41 Å². The van der Waals surface area contributed by atoms with E-state index in [1.807, 2.05) is 13.8 Å². The molecule has 0 radical (unpaired) electrons. The highest BCUT2D eigenvalue weighted by Crippen LogP contribution is 2.38. The molecule has 1 unspecified atom stereocenters. The fourth-order valence-corrected chi connectivity index (χ4v) is 2.19. The summed E-state index contributed by atoms with van der Waals surface area (Å²) in [6, 6.07) is -0.223. The van der Waals surface area contributed by atoms with E-state index in [9.17, 15) is 14.7 Å². The van der Waals surface area contributed by atoms with Gasteiger partial charge in [0.2, 0.25) is 0 Å². The molecule has 0 bridgehead atoms. The third-order valence-corrected chi connectivity index (χ3v) is 3.54. The maximum atomic E-state index is 11.7. The number of carboxylic acids is 1. The van der Waals surface area contributed by atoms with E-state index in [0.717, 1.165) is 0 Å². The van der Waals surface area contributed by atoms with Gasteiger partial charge >= 0.3 is 12.0 Å². The van der Waals surface area contributed by atoms with E-state index in [2.05, 4.69) is 5.32 Å². The van der Waals surface area contributed by atoms with Crippen molar-refractivity contribution >= 4 is 12.0 Å². The molecule has 6 nitrogen and oxygen atoms in total. The first kappa shape index (κ1) is 13.8. The molecule has 17 heavy (non-hydrogen) atoms. The number of aliphatic carboxylic acids is 1. The summed E-state index contributed by atoms with van der Waals surface area (Å²) in [6.07, 6.45) is 0.510. The number of likely N-dealkylation sites (tertiary alicyclic amines) is 1. The molecule has 0 aromatic heterocycles. The molecule has 1 saturated heterocycles. The maximum absolute atomic E-state index is 11.7. The Labute approximate surface area is 101 Å². The Morgan fingerprint density at radius 1 is 1.53 bits per heavy atom. The van der Waals surface area contributed by atoms with Gasteiger partial charge in [-0.25, -0.2) is 4.79 Å². The number of hydrogen-bond donors (Lipinski definition) is 3. The van der Waals surface area contributed by atoms with Gasteiger partial charge in [-0.3, -0.25) is 4.79 Å². The number of rotatable bonds is 4. The monoisotopic (exact) mass is 243 g/mol. The van der Waals surface area contributed by atoms with Gasteiger partial charge < -0.3 is 21.1 Å². The Morgan fingerprint density at radius 2 is 2.18 bits per heavy atom. The van der Waals surface area contributed by atoms with Crippen LogP contribution < -0.4 is 11.1 Å². The molecule has 1 aliphatic heterocycles. The molecule has 1 heterocycles. The zero-order valence-corrected chi connectivity index (χ0v) is 10.4. The lowest BCUT2D eigenvalue weighted by Gasteiger charge is -2.28. The second-order valence-corrected chi connectivity index (χ2v) is 4.81. The summed E-state index contributed by atoms with van der Waals surface area (Å²) in [5.74, 6) is -0.811. The second-order valence-electron chi connectivity index (χ2n) is 4.81. The number of nitrogens with zero attached hydrogens (tertiary/aromatic N) is 1. The minimum Gasteiger partial charge on any atom is -0.481 e. The van der Waals surface area contributed by atoms with Gasteiger partial charge in [0, 0.05) is 26.2 Å². The quantitative estimate of drug-likeness (QED) is 0.652. The van der Waals surface area contributed by atoms with Gasteiger partial charge in [0.15, 0.2) is 0 Å². The minimum absolute atomic E-state index is 0.00677. The predicted octanol–water partition coefficient (Wildman–Crippen LogP) is 0.0874. The van der Waals surface area contributed by atoms with Crippen LogP contribution >= 0.6 is 0 Å². The van der Waals surface area contributed by atoms with Crippen molar-refractivity contribution in [3.8, 4) is 0 Å². The molecule has 0 aliphatic carbocycles. The summed E-state index contributed by atoms with van der Waals surface area (Å²) in [4.78, 5) is 24.6. The van der Waals surface area contributed by atoms with Crippen molar-refractivity contribution in [1.82, 2.24) is 10.2 Å². The standard InChI is InChI=1S/C11H21N3O3/c1-8(2)11(9(15)16)3-6-14(7-11)10(17)13-5-4-12/h8H,3-7,12H2,1-2H3,(H,13,17)(H,15,16). The van der Waals surface area contributed by atoms with Gasteiger partial charge in [-0.15, -0.1) is 0 Å². The van der Waals surface area contributed by atoms with Crippen LogP contribution in [0.3, 0.4) is 0 Å². The Bertz CT molecular complexity index is 306. The average Bonchev–Trinajstić information content (AvgIpc) is 2.72. The summed E-state index contributed by atoms with van der Waals surface area (Å²) >= 11 is 0. The second kappa shape index (κ2) is 5.35. The van der Waals surface area contributed by atoms with Crippen molar-refractivity contribution < 1.29 is 14.7 Å². The first-order valence-corrected chi connectivity index (χ1v) is 5.90. The van der Waals surface area contributed by atoms with Crippen LogP contribution in [0.1, 0.15) is 20.3 Å². The zero-order valence-electron chi connectivity index (χ0n) is 10.4. The molecule has 1 rings (SSSR count). The van der Waals surface area contributed by atoms with Crippen molar-refractivity contribution in [2.45, 2.75) is 20.3 Å². The van der Waals surface area contributed by atoms with Crippen LogP contribution in [0.4, 0.5) is 4.79 Å². The smallest absolute Gasteiger partial charge is 0.317 e. The zero-order chi connectivity index (χ0) is 13.1. The Morgan fingerprint density at radius 3 is 2.59 bits per heavy atom. The third-order valence-electron chi connectivity index (χ3n) is 3.54. The molecule has 0 spiro atoms. The van der Waals surface area contributed by atoms with Gasteiger partial charge in [0.25, 0.3) is 0 Å². The highest BCUT2D eigenvalue weighted by Gasteiger charge is 2.48. The number of carbonyl (C=O) groups excluding carboxylic acids is 1. The molecular weight excluding hydrogens is 222 g/mol. The molecule has 98 valence electrons. The number of hydrogen-bond acceptors (Lipinski definition) is 3. The molecule has 4 N–H and O–H groups in total. The lowest BCUT2D eigenvalue weighted by atomic mass is 9.76. The molecule has 0 aromatic rings. The maximum Gasteiger partial charge on any atom is 0.317 e. The number of carbonyl (C=O) groups is 2. The predicted molar refractivity (Wildman–Crippen MR) is 63.5 cm³/mol. The molecule has 6 heteroatoms. The Balaban J connectivity index is 2.67. The molecule has 1 atom stereocenters. The Hall–Kier alpha value is -1.30. The molecule has 0 aromatic carbocycles. The molecule has 1 aliphatic rings. The summed E-state index contributed by atoms with van der Waals surface area (Å²) in [5.41, 5.74) is 4.49. The van der Waals surface area contributed by atoms with E-state index in [4.69, 9.17) is 5.73 Å². The molecular formula is C11H21N3O3. The highest BCUT2D eigenvalue weighted by molar-refractivity contribution is 5.80. The van der Waals surface area contributed by atoms with Crippen LogP contribution in [0.5, 0.6) is 0 Å². The van der Waals surface area contributed by atoms with Gasteiger partial charge in [-0.1, -0.05) is 13.8 Å². The Kier molecular flexibility index (Phi) is 4.34.